The molecule has 2 N–H and O–H groups in total. The number of hydrogen-bond donors (Lipinski definition) is 1. The van der Waals surface area contributed by atoms with Crippen molar-refractivity contribution in [1.82, 2.24) is 0 Å². The molecule has 0 radical (unpaired) electrons. The maximum absolute atomic E-state index is 11.7. The quantitative estimate of drug-likeness (QED) is 0.740. The molecule has 0 saturated carbocycles. The summed E-state index contributed by atoms with van der Waals surface area (Å²) >= 11 is 0. The van der Waals surface area contributed by atoms with Gasteiger partial charge in [-0.25, -0.2) is 0 Å². The van der Waals surface area contributed by atoms with Crippen LogP contribution in [0.1, 0.15) is 53.9 Å². The highest BCUT2D eigenvalue weighted by Crippen LogP contribution is 2.28. The van der Waals surface area contributed by atoms with E-state index in [9.17, 15) is 4.79 Å². The Morgan fingerprint density at radius 1 is 1.07 bits per heavy atom. The van der Waals surface area contributed by atoms with Crippen LogP contribution in [-0.2, 0) is 4.79 Å². The summed E-state index contributed by atoms with van der Waals surface area (Å²) < 4.78 is 0. The van der Waals surface area contributed by atoms with E-state index >= 15 is 0 Å². The van der Waals surface area contributed by atoms with Crippen LogP contribution in [0.5, 0.6) is 0 Å². The zero-order chi connectivity index (χ0) is 11.4. The van der Waals surface area contributed by atoms with Crippen LogP contribution in [0.15, 0.2) is 0 Å². The van der Waals surface area contributed by atoms with Crippen LogP contribution in [0.3, 0.4) is 0 Å². The summed E-state index contributed by atoms with van der Waals surface area (Å²) in [6, 6.07) is 0. The zero-order valence-electron chi connectivity index (χ0n) is 10.3. The van der Waals surface area contributed by atoms with Crippen LogP contribution >= 0.6 is 0 Å². The molecule has 2 nitrogen and oxygen atoms in total. The second kappa shape index (κ2) is 4.92. The third-order valence-corrected chi connectivity index (χ3v) is 2.69. The van der Waals surface area contributed by atoms with Crippen molar-refractivity contribution < 1.29 is 4.79 Å². The molecule has 0 aromatic rings. The molecule has 0 spiro atoms. The van der Waals surface area contributed by atoms with Crippen LogP contribution < -0.4 is 5.73 Å². The molecule has 0 aliphatic carbocycles. The predicted octanol–water partition coefficient (Wildman–Crippen LogP) is 2.76. The highest BCUT2D eigenvalue weighted by molar-refractivity contribution is 5.83. The summed E-state index contributed by atoms with van der Waals surface area (Å²) in [5.41, 5.74) is 5.53. The lowest BCUT2D eigenvalue weighted by molar-refractivity contribution is -0.126. The van der Waals surface area contributed by atoms with E-state index < -0.39 is 0 Å². The van der Waals surface area contributed by atoms with E-state index in [0.717, 1.165) is 12.8 Å². The number of rotatable bonds is 5. The molecular formula is C12H25NO. The molecule has 0 aliphatic rings. The van der Waals surface area contributed by atoms with Crippen LogP contribution in [0.4, 0.5) is 0 Å². The lowest BCUT2D eigenvalue weighted by atomic mass is 9.80. The first-order chi connectivity index (χ1) is 6.19. The molecule has 0 aromatic carbocycles. The lowest BCUT2D eigenvalue weighted by Gasteiger charge is -2.25. The average Bonchev–Trinajstić information content (AvgIpc) is 1.98. The predicted molar refractivity (Wildman–Crippen MR) is 61.1 cm³/mol. The van der Waals surface area contributed by atoms with Crippen molar-refractivity contribution in [3.05, 3.63) is 0 Å². The van der Waals surface area contributed by atoms with E-state index in [0.29, 0.717) is 18.7 Å². The SMILES string of the molecule is CC(C)(CCN)CCC(=O)C(C)(C)C. The Bertz CT molecular complexity index is 189. The van der Waals surface area contributed by atoms with Crippen molar-refractivity contribution in [3.8, 4) is 0 Å². The summed E-state index contributed by atoms with van der Waals surface area (Å²) in [6.45, 7) is 11.0. The summed E-state index contributed by atoms with van der Waals surface area (Å²) in [4.78, 5) is 11.7. The highest BCUT2D eigenvalue weighted by atomic mass is 16.1. The second-order valence-electron chi connectivity index (χ2n) is 5.88. The Balaban J connectivity index is 4.00. The molecule has 0 aliphatic heterocycles. The molecular weight excluding hydrogens is 174 g/mol. The Kier molecular flexibility index (Phi) is 4.79. The molecule has 0 unspecified atom stereocenters. The number of carbonyl (C=O) groups is 1. The van der Waals surface area contributed by atoms with Gasteiger partial charge in [-0.1, -0.05) is 34.6 Å². The van der Waals surface area contributed by atoms with Crippen LogP contribution in [0.2, 0.25) is 0 Å². The van der Waals surface area contributed by atoms with Gasteiger partial charge < -0.3 is 5.73 Å². The molecule has 0 aromatic heterocycles. The maximum Gasteiger partial charge on any atom is 0.138 e. The molecule has 2 heteroatoms. The number of carbonyl (C=O) groups excluding carboxylic acids is 1. The number of Topliss-reactive ketones (excluding diaryl/α,β-unsaturated/α-hetero) is 1. The first kappa shape index (κ1) is 13.6. The minimum Gasteiger partial charge on any atom is -0.330 e. The van der Waals surface area contributed by atoms with Crippen molar-refractivity contribution in [2.75, 3.05) is 6.54 Å². The Morgan fingerprint density at radius 3 is 1.93 bits per heavy atom. The van der Waals surface area contributed by atoms with E-state index in [2.05, 4.69) is 13.8 Å². The fourth-order valence-corrected chi connectivity index (χ4v) is 1.34. The fourth-order valence-electron chi connectivity index (χ4n) is 1.34. The molecule has 14 heavy (non-hydrogen) atoms. The van der Waals surface area contributed by atoms with Gasteiger partial charge in [-0.05, 0) is 24.8 Å². The highest BCUT2D eigenvalue weighted by Gasteiger charge is 2.24. The zero-order valence-corrected chi connectivity index (χ0v) is 10.3. The summed E-state index contributed by atoms with van der Waals surface area (Å²) in [5, 5.41) is 0. The molecule has 0 amide bonds. The smallest absolute Gasteiger partial charge is 0.138 e. The van der Waals surface area contributed by atoms with Gasteiger partial charge in [-0.3, -0.25) is 4.79 Å². The van der Waals surface area contributed by atoms with Gasteiger partial charge >= 0.3 is 0 Å². The van der Waals surface area contributed by atoms with Gasteiger partial charge in [-0.15, -0.1) is 0 Å². The van der Waals surface area contributed by atoms with Crippen molar-refractivity contribution in [2.45, 2.75) is 53.9 Å². The fraction of sp³-hybridized carbons (Fsp3) is 0.917. The first-order valence-corrected chi connectivity index (χ1v) is 5.42. The van der Waals surface area contributed by atoms with Crippen LogP contribution in [0, 0.1) is 10.8 Å². The number of hydrogen-bond acceptors (Lipinski definition) is 2. The van der Waals surface area contributed by atoms with Crippen molar-refractivity contribution in [1.29, 1.82) is 0 Å². The average molecular weight is 199 g/mol. The van der Waals surface area contributed by atoms with E-state index in [1.807, 2.05) is 20.8 Å². The standard InChI is InChI=1S/C12H25NO/c1-11(2,3)10(14)6-7-12(4,5)8-9-13/h6-9,13H2,1-5H3. The summed E-state index contributed by atoms with van der Waals surface area (Å²) in [5.74, 6) is 0.350. The van der Waals surface area contributed by atoms with Crippen molar-refractivity contribution in [2.24, 2.45) is 16.6 Å². The molecule has 84 valence electrons. The molecule has 0 bridgehead atoms. The Labute approximate surface area is 88.3 Å². The van der Waals surface area contributed by atoms with Gasteiger partial charge in [0.15, 0.2) is 0 Å². The number of nitrogens with two attached hydrogens (primary N) is 1. The molecule has 0 heterocycles. The maximum atomic E-state index is 11.7. The van der Waals surface area contributed by atoms with E-state index in [4.69, 9.17) is 5.73 Å². The van der Waals surface area contributed by atoms with Crippen LogP contribution in [-0.4, -0.2) is 12.3 Å². The summed E-state index contributed by atoms with van der Waals surface area (Å²) in [7, 11) is 0. The summed E-state index contributed by atoms with van der Waals surface area (Å²) in [6.07, 6.45) is 2.61. The minimum absolute atomic E-state index is 0.196. The first-order valence-electron chi connectivity index (χ1n) is 5.42. The monoisotopic (exact) mass is 199 g/mol. The van der Waals surface area contributed by atoms with Crippen molar-refractivity contribution in [3.63, 3.8) is 0 Å². The van der Waals surface area contributed by atoms with Gasteiger partial charge in [0.2, 0.25) is 0 Å². The van der Waals surface area contributed by atoms with Gasteiger partial charge in [-0.2, -0.15) is 0 Å². The molecule has 0 atom stereocenters. The van der Waals surface area contributed by atoms with E-state index in [-0.39, 0.29) is 10.8 Å². The van der Waals surface area contributed by atoms with Gasteiger partial charge in [0, 0.05) is 11.8 Å². The lowest BCUT2D eigenvalue weighted by Crippen LogP contribution is -2.24. The van der Waals surface area contributed by atoms with Crippen LogP contribution in [0.25, 0.3) is 0 Å². The molecule has 0 fully saturated rings. The number of ketones is 1. The molecule has 0 rings (SSSR count). The van der Waals surface area contributed by atoms with E-state index in [1.54, 1.807) is 0 Å². The van der Waals surface area contributed by atoms with Gasteiger partial charge in [0.1, 0.15) is 5.78 Å². The third kappa shape index (κ3) is 5.38. The Hall–Kier alpha value is -0.370. The third-order valence-electron chi connectivity index (χ3n) is 2.69. The topological polar surface area (TPSA) is 43.1 Å². The van der Waals surface area contributed by atoms with Gasteiger partial charge in [0.25, 0.3) is 0 Å². The normalized spacial score (nSPS) is 13.0. The Morgan fingerprint density at radius 2 is 1.57 bits per heavy atom. The molecule has 0 saturated heterocycles. The van der Waals surface area contributed by atoms with Crippen molar-refractivity contribution >= 4 is 5.78 Å². The van der Waals surface area contributed by atoms with E-state index in [1.165, 1.54) is 0 Å². The van der Waals surface area contributed by atoms with Gasteiger partial charge in [0.05, 0.1) is 0 Å². The minimum atomic E-state index is -0.196. The second-order valence-corrected chi connectivity index (χ2v) is 5.88. The largest absolute Gasteiger partial charge is 0.330 e.